The van der Waals surface area contributed by atoms with E-state index < -0.39 is 5.97 Å². The van der Waals surface area contributed by atoms with E-state index in [1.165, 1.54) is 37.7 Å². The first-order valence-corrected chi connectivity index (χ1v) is 10.9. The molecule has 160 valence electrons. The Kier molecular flexibility index (Phi) is 8.30. The Labute approximate surface area is 178 Å². The van der Waals surface area contributed by atoms with Crippen LogP contribution in [0.3, 0.4) is 0 Å². The van der Waals surface area contributed by atoms with E-state index in [0.717, 1.165) is 17.7 Å². The molecule has 0 radical (unpaired) electrons. The molecule has 2 aromatic rings. The molecule has 0 heterocycles. The minimum atomic E-state index is -0.858. The summed E-state index contributed by atoms with van der Waals surface area (Å²) in [6, 6.07) is 15.9. The summed E-state index contributed by atoms with van der Waals surface area (Å²) in [6.07, 6.45) is 7.43. The molecule has 0 atom stereocenters. The Balaban J connectivity index is 1.48. The molecule has 0 unspecified atom stereocenters. The Morgan fingerprint density at radius 2 is 1.83 bits per heavy atom. The monoisotopic (exact) mass is 409 g/mol. The predicted octanol–water partition coefficient (Wildman–Crippen LogP) is 5.57. The molecule has 1 saturated carbocycles. The third kappa shape index (κ3) is 6.61. The van der Waals surface area contributed by atoms with Gasteiger partial charge in [-0.3, -0.25) is 4.79 Å². The van der Waals surface area contributed by atoms with Crippen LogP contribution in [0.4, 0.5) is 0 Å². The van der Waals surface area contributed by atoms with Crippen LogP contribution in [0.1, 0.15) is 68.1 Å². The molecule has 0 bridgehead atoms. The first kappa shape index (κ1) is 21.9. The maximum Gasteiger partial charge on any atom is 0.307 e. The minimum absolute atomic E-state index is 0.0165. The number of hydrogen-bond donors (Lipinski definition) is 1. The van der Waals surface area contributed by atoms with Crippen molar-refractivity contribution in [2.45, 2.75) is 57.8 Å². The summed E-state index contributed by atoms with van der Waals surface area (Å²) in [6.45, 7) is 2.74. The summed E-state index contributed by atoms with van der Waals surface area (Å²) >= 11 is 0. The second kappa shape index (κ2) is 11.4. The zero-order valence-corrected chi connectivity index (χ0v) is 17.7. The standard InChI is InChI=1S/C25H31NO4/c1-2-24(22-13-11-21(12-14-22)20-8-4-3-5-9-20)26-30-16-15-29-23-10-6-7-19(17-23)18-25(27)28/h6-7,10-14,17,20H,2-5,8-9,15-16,18H2,1H3,(H,27,28). The van der Waals surface area contributed by atoms with Gasteiger partial charge in [0.1, 0.15) is 12.4 Å². The van der Waals surface area contributed by atoms with Crippen molar-refractivity contribution in [3.8, 4) is 5.75 Å². The first-order valence-electron chi connectivity index (χ1n) is 10.9. The van der Waals surface area contributed by atoms with E-state index in [4.69, 9.17) is 14.7 Å². The Morgan fingerprint density at radius 3 is 2.53 bits per heavy atom. The van der Waals surface area contributed by atoms with Gasteiger partial charge in [-0.05, 0) is 54.0 Å². The van der Waals surface area contributed by atoms with Crippen molar-refractivity contribution in [3.63, 3.8) is 0 Å². The molecule has 2 aromatic carbocycles. The largest absolute Gasteiger partial charge is 0.490 e. The highest BCUT2D eigenvalue weighted by atomic mass is 16.6. The molecule has 1 fully saturated rings. The highest BCUT2D eigenvalue weighted by Crippen LogP contribution is 2.32. The summed E-state index contributed by atoms with van der Waals surface area (Å²) in [7, 11) is 0. The summed E-state index contributed by atoms with van der Waals surface area (Å²) in [5.74, 6) is 0.483. The fourth-order valence-corrected chi connectivity index (χ4v) is 3.95. The molecule has 5 nitrogen and oxygen atoms in total. The van der Waals surface area contributed by atoms with E-state index in [0.29, 0.717) is 30.4 Å². The van der Waals surface area contributed by atoms with Crippen molar-refractivity contribution in [3.05, 3.63) is 65.2 Å². The number of carboxylic acid groups (broad SMARTS) is 1. The molecule has 0 aliphatic heterocycles. The summed E-state index contributed by atoms with van der Waals surface area (Å²) in [5.41, 5.74) is 4.17. The van der Waals surface area contributed by atoms with E-state index in [-0.39, 0.29) is 6.42 Å². The van der Waals surface area contributed by atoms with Gasteiger partial charge in [0.05, 0.1) is 12.1 Å². The van der Waals surface area contributed by atoms with Crippen LogP contribution in [0.2, 0.25) is 0 Å². The van der Waals surface area contributed by atoms with Crippen LogP contribution in [0.5, 0.6) is 5.75 Å². The molecule has 0 aromatic heterocycles. The van der Waals surface area contributed by atoms with Crippen LogP contribution < -0.4 is 4.74 Å². The minimum Gasteiger partial charge on any atom is -0.490 e. The maximum absolute atomic E-state index is 10.8. The zero-order valence-electron chi connectivity index (χ0n) is 17.7. The summed E-state index contributed by atoms with van der Waals surface area (Å²) in [5, 5.41) is 13.2. The zero-order chi connectivity index (χ0) is 21.2. The third-order valence-corrected chi connectivity index (χ3v) is 5.53. The van der Waals surface area contributed by atoms with E-state index >= 15 is 0 Å². The number of carbonyl (C=O) groups is 1. The number of hydrogen-bond acceptors (Lipinski definition) is 4. The predicted molar refractivity (Wildman–Crippen MR) is 118 cm³/mol. The van der Waals surface area contributed by atoms with Gasteiger partial charge < -0.3 is 14.7 Å². The van der Waals surface area contributed by atoms with Gasteiger partial charge in [-0.1, -0.05) is 67.7 Å². The van der Waals surface area contributed by atoms with E-state index in [9.17, 15) is 4.79 Å². The Hall–Kier alpha value is -2.82. The van der Waals surface area contributed by atoms with Gasteiger partial charge in [-0.2, -0.15) is 0 Å². The van der Waals surface area contributed by atoms with Crippen molar-refractivity contribution in [2.75, 3.05) is 13.2 Å². The van der Waals surface area contributed by atoms with Crippen LogP contribution in [-0.4, -0.2) is 30.0 Å². The van der Waals surface area contributed by atoms with Gasteiger partial charge in [0.2, 0.25) is 0 Å². The number of oxime groups is 1. The Morgan fingerprint density at radius 1 is 1.07 bits per heavy atom. The average molecular weight is 410 g/mol. The van der Waals surface area contributed by atoms with Crippen molar-refractivity contribution in [1.29, 1.82) is 0 Å². The molecule has 5 heteroatoms. The van der Waals surface area contributed by atoms with E-state index in [1.807, 2.05) is 0 Å². The number of ether oxygens (including phenoxy) is 1. The maximum atomic E-state index is 10.8. The number of carboxylic acids is 1. The topological polar surface area (TPSA) is 68.1 Å². The second-order valence-corrected chi connectivity index (χ2v) is 7.75. The number of aliphatic carboxylic acids is 1. The van der Waals surface area contributed by atoms with Crippen molar-refractivity contribution >= 4 is 11.7 Å². The lowest BCUT2D eigenvalue weighted by molar-refractivity contribution is -0.136. The summed E-state index contributed by atoms with van der Waals surface area (Å²) < 4.78 is 5.65. The first-order chi connectivity index (χ1) is 14.7. The molecule has 3 rings (SSSR count). The molecule has 0 saturated heterocycles. The van der Waals surface area contributed by atoms with Gasteiger partial charge in [0.25, 0.3) is 0 Å². The van der Waals surface area contributed by atoms with Crippen molar-refractivity contribution in [1.82, 2.24) is 0 Å². The molecule has 1 aliphatic rings. The quantitative estimate of drug-likeness (QED) is 0.316. The van der Waals surface area contributed by atoms with Crippen molar-refractivity contribution < 1.29 is 19.5 Å². The fraction of sp³-hybridized carbons (Fsp3) is 0.440. The fourth-order valence-electron chi connectivity index (χ4n) is 3.95. The van der Waals surface area contributed by atoms with Crippen LogP contribution in [0.15, 0.2) is 53.7 Å². The van der Waals surface area contributed by atoms with Gasteiger partial charge in [0.15, 0.2) is 6.61 Å². The lowest BCUT2D eigenvalue weighted by atomic mass is 9.84. The van der Waals surface area contributed by atoms with Crippen LogP contribution >= 0.6 is 0 Å². The smallest absolute Gasteiger partial charge is 0.307 e. The lowest BCUT2D eigenvalue weighted by Crippen LogP contribution is -2.08. The van der Waals surface area contributed by atoms with Crippen LogP contribution in [0, 0.1) is 0 Å². The normalized spacial score (nSPS) is 15.0. The van der Waals surface area contributed by atoms with Gasteiger partial charge in [-0.25, -0.2) is 0 Å². The van der Waals surface area contributed by atoms with Crippen LogP contribution in [0.25, 0.3) is 0 Å². The highest BCUT2D eigenvalue weighted by Gasteiger charge is 2.15. The van der Waals surface area contributed by atoms with E-state index in [1.54, 1.807) is 24.3 Å². The van der Waals surface area contributed by atoms with Crippen molar-refractivity contribution in [2.24, 2.45) is 5.16 Å². The third-order valence-electron chi connectivity index (χ3n) is 5.53. The molecule has 0 amide bonds. The number of rotatable bonds is 10. The number of nitrogens with zero attached hydrogens (tertiary/aromatic N) is 1. The molecule has 1 aliphatic carbocycles. The van der Waals surface area contributed by atoms with E-state index in [2.05, 4.69) is 36.3 Å². The average Bonchev–Trinajstić information content (AvgIpc) is 2.77. The molecule has 0 spiro atoms. The van der Waals surface area contributed by atoms with Crippen LogP contribution in [-0.2, 0) is 16.1 Å². The summed E-state index contributed by atoms with van der Waals surface area (Å²) in [4.78, 5) is 16.3. The Bertz CT molecular complexity index is 838. The second-order valence-electron chi connectivity index (χ2n) is 7.75. The molecule has 30 heavy (non-hydrogen) atoms. The molecular formula is C25H31NO4. The number of benzene rings is 2. The highest BCUT2D eigenvalue weighted by molar-refractivity contribution is 6.00. The van der Waals surface area contributed by atoms with Gasteiger partial charge >= 0.3 is 5.97 Å². The van der Waals surface area contributed by atoms with Gasteiger partial charge in [0, 0.05) is 0 Å². The SMILES string of the molecule is CCC(=NOCCOc1cccc(CC(=O)O)c1)c1ccc(C2CCCCC2)cc1. The molecular weight excluding hydrogens is 378 g/mol. The lowest BCUT2D eigenvalue weighted by Gasteiger charge is -2.22. The molecule has 1 N–H and O–H groups in total. The van der Waals surface area contributed by atoms with Gasteiger partial charge in [-0.15, -0.1) is 0 Å².